The summed E-state index contributed by atoms with van der Waals surface area (Å²) >= 11 is 1.82. The minimum absolute atomic E-state index is 0.720. The minimum atomic E-state index is 0.720. The summed E-state index contributed by atoms with van der Waals surface area (Å²) in [5, 5.41) is 2.13. The van der Waals surface area contributed by atoms with E-state index in [2.05, 4.69) is 53.7 Å². The Balaban J connectivity index is 1.88. The van der Waals surface area contributed by atoms with Crippen molar-refractivity contribution in [3.8, 4) is 0 Å². The lowest BCUT2D eigenvalue weighted by Crippen LogP contribution is -2.16. The molecule has 96 valence electrons. The SMILES string of the molecule is CN(Cc1ccc(CCN)cc1)Cc1cccs1. The zero-order chi connectivity index (χ0) is 12.8. The lowest BCUT2D eigenvalue weighted by atomic mass is 10.1. The van der Waals surface area contributed by atoms with Crippen LogP contribution in [0.1, 0.15) is 16.0 Å². The van der Waals surface area contributed by atoms with Gasteiger partial charge in [0.25, 0.3) is 0 Å². The van der Waals surface area contributed by atoms with Crippen molar-refractivity contribution in [1.29, 1.82) is 0 Å². The smallest absolute Gasteiger partial charge is 0.0328 e. The Kier molecular flexibility index (Phi) is 4.93. The van der Waals surface area contributed by atoms with Crippen molar-refractivity contribution in [3.05, 3.63) is 57.8 Å². The molecule has 2 nitrogen and oxygen atoms in total. The average molecular weight is 260 g/mol. The third-order valence-electron chi connectivity index (χ3n) is 2.91. The molecule has 2 aromatic rings. The fraction of sp³-hybridized carbons (Fsp3) is 0.333. The van der Waals surface area contributed by atoms with Gasteiger partial charge in [-0.15, -0.1) is 11.3 Å². The van der Waals surface area contributed by atoms with Gasteiger partial charge in [0.1, 0.15) is 0 Å². The molecule has 0 saturated carbocycles. The van der Waals surface area contributed by atoms with Gasteiger partial charge >= 0.3 is 0 Å². The van der Waals surface area contributed by atoms with Crippen LogP contribution in [0, 0.1) is 0 Å². The fourth-order valence-electron chi connectivity index (χ4n) is 2.01. The van der Waals surface area contributed by atoms with Crippen LogP contribution in [0.15, 0.2) is 41.8 Å². The van der Waals surface area contributed by atoms with Gasteiger partial charge in [0.05, 0.1) is 0 Å². The Labute approximate surface area is 113 Å². The van der Waals surface area contributed by atoms with E-state index < -0.39 is 0 Å². The standard InChI is InChI=1S/C15H20N2S/c1-17(12-15-3-2-10-18-15)11-14-6-4-13(5-7-14)8-9-16/h2-7,10H,8-9,11-12,16H2,1H3. The summed E-state index contributed by atoms with van der Waals surface area (Å²) in [6, 6.07) is 13.1. The first-order valence-corrected chi connectivity index (χ1v) is 7.14. The van der Waals surface area contributed by atoms with Gasteiger partial charge in [-0.1, -0.05) is 30.3 Å². The number of benzene rings is 1. The van der Waals surface area contributed by atoms with Crippen molar-refractivity contribution >= 4 is 11.3 Å². The molecule has 0 saturated heterocycles. The molecule has 1 aromatic carbocycles. The maximum absolute atomic E-state index is 5.55. The molecule has 0 fully saturated rings. The molecule has 0 aliphatic rings. The van der Waals surface area contributed by atoms with Crippen molar-refractivity contribution < 1.29 is 0 Å². The van der Waals surface area contributed by atoms with Crippen LogP contribution in [0.3, 0.4) is 0 Å². The van der Waals surface area contributed by atoms with E-state index in [1.807, 2.05) is 11.3 Å². The molecular weight excluding hydrogens is 240 g/mol. The van der Waals surface area contributed by atoms with E-state index in [0.29, 0.717) is 0 Å². The van der Waals surface area contributed by atoms with Crippen molar-refractivity contribution in [1.82, 2.24) is 4.90 Å². The average Bonchev–Trinajstić information content (AvgIpc) is 2.84. The Bertz CT molecular complexity index is 448. The molecule has 0 aliphatic carbocycles. The maximum atomic E-state index is 5.55. The van der Waals surface area contributed by atoms with Gasteiger partial charge < -0.3 is 5.73 Å². The number of rotatable bonds is 6. The van der Waals surface area contributed by atoms with E-state index >= 15 is 0 Å². The second kappa shape index (κ2) is 6.69. The normalized spacial score (nSPS) is 11.1. The number of hydrogen-bond acceptors (Lipinski definition) is 3. The molecule has 0 bridgehead atoms. The van der Waals surface area contributed by atoms with E-state index in [1.165, 1.54) is 16.0 Å². The van der Waals surface area contributed by atoms with Crippen molar-refractivity contribution in [2.75, 3.05) is 13.6 Å². The van der Waals surface area contributed by atoms with Gasteiger partial charge in [-0.3, -0.25) is 4.90 Å². The van der Waals surface area contributed by atoms with E-state index in [9.17, 15) is 0 Å². The van der Waals surface area contributed by atoms with Gasteiger partial charge in [0, 0.05) is 18.0 Å². The highest BCUT2D eigenvalue weighted by Gasteiger charge is 2.02. The second-order valence-electron chi connectivity index (χ2n) is 4.61. The Hall–Kier alpha value is -1.16. The predicted molar refractivity (Wildman–Crippen MR) is 78.7 cm³/mol. The van der Waals surface area contributed by atoms with Crippen molar-refractivity contribution in [2.24, 2.45) is 5.73 Å². The van der Waals surface area contributed by atoms with Crippen LogP contribution in [-0.2, 0) is 19.5 Å². The van der Waals surface area contributed by atoms with Gasteiger partial charge in [-0.2, -0.15) is 0 Å². The van der Waals surface area contributed by atoms with E-state index in [0.717, 1.165) is 26.1 Å². The zero-order valence-electron chi connectivity index (χ0n) is 10.8. The summed E-state index contributed by atoms with van der Waals surface area (Å²) in [6.45, 7) is 2.72. The molecular formula is C15H20N2S. The first-order valence-electron chi connectivity index (χ1n) is 6.27. The van der Waals surface area contributed by atoms with E-state index in [1.54, 1.807) is 0 Å². The molecule has 2 rings (SSSR count). The van der Waals surface area contributed by atoms with Crippen LogP contribution in [0.4, 0.5) is 0 Å². The molecule has 1 heterocycles. The van der Waals surface area contributed by atoms with Crippen LogP contribution in [-0.4, -0.2) is 18.5 Å². The van der Waals surface area contributed by atoms with Gasteiger partial charge in [0.2, 0.25) is 0 Å². The Morgan fingerprint density at radius 2 is 1.78 bits per heavy atom. The van der Waals surface area contributed by atoms with Gasteiger partial charge in [-0.25, -0.2) is 0 Å². The van der Waals surface area contributed by atoms with Gasteiger partial charge in [0.15, 0.2) is 0 Å². The van der Waals surface area contributed by atoms with E-state index in [-0.39, 0.29) is 0 Å². The summed E-state index contributed by atoms with van der Waals surface area (Å²) in [6.07, 6.45) is 0.964. The summed E-state index contributed by atoms with van der Waals surface area (Å²) in [5.41, 5.74) is 8.23. The summed E-state index contributed by atoms with van der Waals surface area (Å²) in [4.78, 5) is 3.75. The predicted octanol–water partition coefficient (Wildman–Crippen LogP) is 2.88. The lowest BCUT2D eigenvalue weighted by Gasteiger charge is -2.15. The monoisotopic (exact) mass is 260 g/mol. The summed E-state index contributed by atoms with van der Waals surface area (Å²) in [5.74, 6) is 0. The number of nitrogens with zero attached hydrogens (tertiary/aromatic N) is 1. The molecule has 2 N–H and O–H groups in total. The van der Waals surface area contributed by atoms with Crippen molar-refractivity contribution in [3.63, 3.8) is 0 Å². The topological polar surface area (TPSA) is 29.3 Å². The molecule has 1 aromatic heterocycles. The quantitative estimate of drug-likeness (QED) is 0.865. The molecule has 0 unspecified atom stereocenters. The maximum Gasteiger partial charge on any atom is 0.0328 e. The number of thiophene rings is 1. The highest BCUT2D eigenvalue weighted by atomic mass is 32.1. The van der Waals surface area contributed by atoms with Crippen LogP contribution in [0.25, 0.3) is 0 Å². The first kappa shape index (κ1) is 13.3. The molecule has 0 atom stereocenters. The van der Waals surface area contributed by atoms with Crippen LogP contribution in [0.5, 0.6) is 0 Å². The third kappa shape index (κ3) is 3.95. The van der Waals surface area contributed by atoms with Crippen molar-refractivity contribution in [2.45, 2.75) is 19.5 Å². The summed E-state index contributed by atoms with van der Waals surface area (Å²) < 4.78 is 0. The van der Waals surface area contributed by atoms with Crippen LogP contribution >= 0.6 is 11.3 Å². The Morgan fingerprint density at radius 1 is 1.06 bits per heavy atom. The first-order chi connectivity index (χ1) is 8.78. The Morgan fingerprint density at radius 3 is 2.39 bits per heavy atom. The fourth-order valence-corrected chi connectivity index (χ4v) is 2.80. The molecule has 18 heavy (non-hydrogen) atoms. The second-order valence-corrected chi connectivity index (χ2v) is 5.64. The lowest BCUT2D eigenvalue weighted by molar-refractivity contribution is 0.322. The summed E-state index contributed by atoms with van der Waals surface area (Å²) in [7, 11) is 2.16. The molecule has 0 spiro atoms. The largest absolute Gasteiger partial charge is 0.330 e. The molecule has 0 aliphatic heterocycles. The minimum Gasteiger partial charge on any atom is -0.330 e. The number of hydrogen-bond donors (Lipinski definition) is 1. The third-order valence-corrected chi connectivity index (χ3v) is 3.78. The van der Waals surface area contributed by atoms with Crippen LogP contribution in [0.2, 0.25) is 0 Å². The highest BCUT2D eigenvalue weighted by molar-refractivity contribution is 7.09. The number of nitrogens with two attached hydrogens (primary N) is 1. The molecule has 0 amide bonds. The van der Waals surface area contributed by atoms with Crippen LogP contribution < -0.4 is 5.73 Å². The molecule has 0 radical (unpaired) electrons. The molecule has 3 heteroatoms. The highest BCUT2D eigenvalue weighted by Crippen LogP contribution is 2.13. The zero-order valence-corrected chi connectivity index (χ0v) is 11.6. The van der Waals surface area contributed by atoms with E-state index in [4.69, 9.17) is 5.73 Å². The van der Waals surface area contributed by atoms with Gasteiger partial charge in [-0.05, 0) is 42.6 Å².